The van der Waals surface area contributed by atoms with Crippen molar-refractivity contribution in [2.45, 2.75) is 27.2 Å². The summed E-state index contributed by atoms with van der Waals surface area (Å²) in [7, 11) is 0. The molecule has 0 amide bonds. The molecule has 13 heavy (non-hydrogen) atoms. The molecule has 3 N–H and O–H groups in total. The maximum atomic E-state index is 5.38. The molecule has 0 spiro atoms. The van der Waals surface area contributed by atoms with Gasteiger partial charge in [-0.25, -0.2) is 0 Å². The Morgan fingerprint density at radius 3 is 2.62 bits per heavy atom. The summed E-state index contributed by atoms with van der Waals surface area (Å²) in [4.78, 5) is 4.00. The molecule has 5 heteroatoms. The average Bonchev–Trinajstić information content (AvgIpc) is 2.33. The van der Waals surface area contributed by atoms with Crippen LogP contribution in [-0.2, 0) is 0 Å². The highest BCUT2D eigenvalue weighted by molar-refractivity contribution is 7.09. The zero-order valence-electron chi connectivity index (χ0n) is 8.29. The number of hydrogen-bond acceptors (Lipinski definition) is 5. The first-order valence-corrected chi connectivity index (χ1v) is 5.08. The van der Waals surface area contributed by atoms with Crippen molar-refractivity contribution in [3.63, 3.8) is 0 Å². The molecule has 0 saturated carbocycles. The zero-order valence-corrected chi connectivity index (χ0v) is 9.11. The maximum absolute atomic E-state index is 5.38. The van der Waals surface area contributed by atoms with Crippen LogP contribution < -0.4 is 11.1 Å². The lowest BCUT2D eigenvalue weighted by molar-refractivity contribution is 0.390. The standard InChI is InChI=1S/C8H16N4S/c1-8(2,3)4-5-10-7-11-6(9)12-13-7/h4-5H2,1-3H3,(H3,9,10,11,12). The van der Waals surface area contributed by atoms with Gasteiger partial charge in [-0.1, -0.05) is 20.8 Å². The number of aromatic nitrogens is 2. The third kappa shape index (κ3) is 4.07. The summed E-state index contributed by atoms with van der Waals surface area (Å²) < 4.78 is 3.88. The molecular weight excluding hydrogens is 184 g/mol. The van der Waals surface area contributed by atoms with E-state index in [0.29, 0.717) is 11.4 Å². The highest BCUT2D eigenvalue weighted by Gasteiger charge is 2.09. The molecule has 0 fully saturated rings. The Bertz CT molecular complexity index is 263. The van der Waals surface area contributed by atoms with E-state index in [1.54, 1.807) is 0 Å². The van der Waals surface area contributed by atoms with Gasteiger partial charge >= 0.3 is 0 Å². The third-order valence-electron chi connectivity index (χ3n) is 1.59. The van der Waals surface area contributed by atoms with Gasteiger partial charge in [-0.15, -0.1) is 0 Å². The van der Waals surface area contributed by atoms with E-state index < -0.39 is 0 Å². The van der Waals surface area contributed by atoms with Crippen LogP contribution in [0.3, 0.4) is 0 Å². The third-order valence-corrected chi connectivity index (χ3v) is 2.28. The second-order valence-corrected chi connectivity index (χ2v) is 4.95. The summed E-state index contributed by atoms with van der Waals surface area (Å²) in [6.07, 6.45) is 1.10. The van der Waals surface area contributed by atoms with Crippen LogP contribution in [0.4, 0.5) is 11.1 Å². The first-order chi connectivity index (χ1) is 5.97. The average molecular weight is 200 g/mol. The van der Waals surface area contributed by atoms with Gasteiger partial charge in [-0.3, -0.25) is 0 Å². The number of nitrogens with one attached hydrogen (secondary N) is 1. The van der Waals surface area contributed by atoms with Crippen LogP contribution in [0.15, 0.2) is 0 Å². The van der Waals surface area contributed by atoms with E-state index >= 15 is 0 Å². The van der Waals surface area contributed by atoms with Crippen LogP contribution >= 0.6 is 11.5 Å². The number of rotatable bonds is 3. The molecule has 0 aliphatic heterocycles. The molecule has 1 aromatic heterocycles. The summed E-state index contributed by atoms with van der Waals surface area (Å²) in [6.45, 7) is 7.55. The van der Waals surface area contributed by atoms with Gasteiger partial charge in [-0.05, 0) is 11.8 Å². The lowest BCUT2D eigenvalue weighted by Crippen LogP contribution is -2.12. The lowest BCUT2D eigenvalue weighted by atomic mass is 9.92. The van der Waals surface area contributed by atoms with Crippen LogP contribution in [0.25, 0.3) is 0 Å². The first-order valence-electron chi connectivity index (χ1n) is 4.30. The normalized spacial score (nSPS) is 11.6. The van der Waals surface area contributed by atoms with Gasteiger partial charge < -0.3 is 11.1 Å². The molecule has 0 aliphatic carbocycles. The van der Waals surface area contributed by atoms with E-state index in [-0.39, 0.29) is 0 Å². The summed E-state index contributed by atoms with van der Waals surface area (Å²) >= 11 is 1.30. The molecule has 1 rings (SSSR count). The summed E-state index contributed by atoms with van der Waals surface area (Å²) in [5.74, 6) is 0.350. The van der Waals surface area contributed by atoms with Crippen LogP contribution in [0.1, 0.15) is 27.2 Å². The molecule has 0 atom stereocenters. The quantitative estimate of drug-likeness (QED) is 0.783. The number of hydrogen-bond donors (Lipinski definition) is 2. The Kier molecular flexibility index (Phi) is 3.08. The van der Waals surface area contributed by atoms with E-state index in [0.717, 1.165) is 18.1 Å². The van der Waals surface area contributed by atoms with Crippen LogP contribution in [0.5, 0.6) is 0 Å². The molecule has 0 saturated heterocycles. The molecule has 1 aromatic rings. The summed E-state index contributed by atoms with van der Waals surface area (Å²) in [6, 6.07) is 0. The maximum Gasteiger partial charge on any atom is 0.233 e. The van der Waals surface area contributed by atoms with Gasteiger partial charge in [-0.2, -0.15) is 9.36 Å². The molecule has 0 aliphatic rings. The van der Waals surface area contributed by atoms with E-state index in [9.17, 15) is 0 Å². The highest BCUT2D eigenvalue weighted by atomic mass is 32.1. The number of nitrogens with zero attached hydrogens (tertiary/aromatic N) is 2. The topological polar surface area (TPSA) is 63.8 Å². The Balaban J connectivity index is 2.28. The SMILES string of the molecule is CC(C)(C)CCNc1nc(N)ns1. The van der Waals surface area contributed by atoms with Gasteiger partial charge in [0.2, 0.25) is 11.1 Å². The van der Waals surface area contributed by atoms with Crippen molar-refractivity contribution in [1.82, 2.24) is 9.36 Å². The van der Waals surface area contributed by atoms with Crippen molar-refractivity contribution < 1.29 is 0 Å². The Morgan fingerprint density at radius 2 is 2.15 bits per heavy atom. The fraction of sp³-hybridized carbons (Fsp3) is 0.750. The van der Waals surface area contributed by atoms with Gasteiger partial charge in [0, 0.05) is 18.1 Å². The second-order valence-electron chi connectivity index (χ2n) is 4.20. The Labute approximate surface area is 82.7 Å². The number of anilines is 2. The largest absolute Gasteiger partial charge is 0.367 e. The highest BCUT2D eigenvalue weighted by Crippen LogP contribution is 2.19. The van der Waals surface area contributed by atoms with E-state index in [2.05, 4.69) is 35.4 Å². The minimum atomic E-state index is 0.350. The van der Waals surface area contributed by atoms with Crippen LogP contribution in [0.2, 0.25) is 0 Å². The predicted molar refractivity (Wildman–Crippen MR) is 56.9 cm³/mol. The molecule has 1 heterocycles. The molecule has 0 bridgehead atoms. The van der Waals surface area contributed by atoms with Crippen molar-refractivity contribution in [3.8, 4) is 0 Å². The summed E-state index contributed by atoms with van der Waals surface area (Å²) in [5.41, 5.74) is 5.73. The minimum absolute atomic E-state index is 0.350. The van der Waals surface area contributed by atoms with Crippen molar-refractivity contribution in [1.29, 1.82) is 0 Å². The van der Waals surface area contributed by atoms with Gasteiger partial charge in [0.25, 0.3) is 0 Å². The summed E-state index contributed by atoms with van der Waals surface area (Å²) in [5, 5.41) is 3.99. The molecule has 0 aromatic carbocycles. The second kappa shape index (κ2) is 3.91. The Morgan fingerprint density at radius 1 is 1.46 bits per heavy atom. The van der Waals surface area contributed by atoms with E-state index in [1.165, 1.54) is 11.5 Å². The molecule has 0 unspecified atom stereocenters. The zero-order chi connectivity index (χ0) is 9.90. The predicted octanol–water partition coefficient (Wildman–Crippen LogP) is 1.97. The molecular formula is C8H16N4S. The minimum Gasteiger partial charge on any atom is -0.367 e. The van der Waals surface area contributed by atoms with Gasteiger partial charge in [0.1, 0.15) is 0 Å². The monoisotopic (exact) mass is 200 g/mol. The van der Waals surface area contributed by atoms with E-state index in [1.807, 2.05) is 0 Å². The first kappa shape index (κ1) is 10.2. The number of nitrogen functional groups attached to an aromatic ring is 1. The van der Waals surface area contributed by atoms with E-state index in [4.69, 9.17) is 5.73 Å². The van der Waals surface area contributed by atoms with Crippen molar-refractivity contribution in [3.05, 3.63) is 0 Å². The smallest absolute Gasteiger partial charge is 0.233 e. The lowest BCUT2D eigenvalue weighted by Gasteiger charge is -2.17. The van der Waals surface area contributed by atoms with Crippen molar-refractivity contribution >= 4 is 22.6 Å². The Hall–Kier alpha value is -0.840. The van der Waals surface area contributed by atoms with Gasteiger partial charge in [0.15, 0.2) is 0 Å². The molecule has 74 valence electrons. The number of nitrogens with two attached hydrogens (primary N) is 1. The van der Waals surface area contributed by atoms with Crippen molar-refractivity contribution in [2.75, 3.05) is 17.6 Å². The molecule has 4 nitrogen and oxygen atoms in total. The fourth-order valence-corrected chi connectivity index (χ4v) is 1.37. The van der Waals surface area contributed by atoms with Crippen LogP contribution in [-0.4, -0.2) is 15.9 Å². The molecule has 0 radical (unpaired) electrons. The fourth-order valence-electron chi connectivity index (χ4n) is 0.851. The van der Waals surface area contributed by atoms with Crippen LogP contribution in [0, 0.1) is 5.41 Å². The van der Waals surface area contributed by atoms with Crippen molar-refractivity contribution in [2.24, 2.45) is 5.41 Å². The van der Waals surface area contributed by atoms with Gasteiger partial charge in [0.05, 0.1) is 0 Å².